The minimum Gasteiger partial charge on any atom is -0.246 e. The van der Waals surface area contributed by atoms with Gasteiger partial charge in [-0.1, -0.05) is 27.7 Å². The van der Waals surface area contributed by atoms with Crippen LogP contribution in [0.25, 0.3) is 0 Å². The summed E-state index contributed by atoms with van der Waals surface area (Å²) < 4.78 is 0. The highest BCUT2D eigenvalue weighted by Crippen LogP contribution is 2.28. The van der Waals surface area contributed by atoms with Crippen LogP contribution < -0.4 is 0 Å². The van der Waals surface area contributed by atoms with Crippen molar-refractivity contribution in [1.29, 1.82) is 0 Å². The maximum Gasteiger partial charge on any atom is 0.106 e. The molecule has 0 aliphatic rings. The van der Waals surface area contributed by atoms with E-state index in [1.165, 1.54) is 4.90 Å². The van der Waals surface area contributed by atoms with Gasteiger partial charge in [-0.2, -0.15) is 0 Å². The number of aromatic nitrogens is 1. The van der Waals surface area contributed by atoms with Gasteiger partial charge in [0.2, 0.25) is 0 Å². The Morgan fingerprint density at radius 2 is 1.73 bits per heavy atom. The highest BCUT2D eigenvalue weighted by Gasteiger charge is 2.06. The Morgan fingerprint density at radius 1 is 1.13 bits per heavy atom. The van der Waals surface area contributed by atoms with Crippen molar-refractivity contribution in [2.75, 3.05) is 0 Å². The van der Waals surface area contributed by atoms with Gasteiger partial charge in [0.05, 0.1) is 0 Å². The molecular formula is C12H18NS2. The van der Waals surface area contributed by atoms with E-state index in [4.69, 9.17) is 0 Å². The molecule has 0 bridgehead atoms. The largest absolute Gasteiger partial charge is 0.246 e. The van der Waals surface area contributed by atoms with Gasteiger partial charge in [0.25, 0.3) is 0 Å². The molecule has 0 unspecified atom stereocenters. The Morgan fingerprint density at radius 3 is 2.27 bits per heavy atom. The van der Waals surface area contributed by atoms with E-state index in [1.807, 2.05) is 18.7 Å². The van der Waals surface area contributed by atoms with Crippen LogP contribution in [0.5, 0.6) is 0 Å². The molecule has 1 aromatic heterocycles. The van der Waals surface area contributed by atoms with Crippen LogP contribution in [0.3, 0.4) is 0 Å². The van der Waals surface area contributed by atoms with Crippen LogP contribution in [0.15, 0.2) is 16.0 Å². The normalized spacial score (nSPS) is 11.4. The summed E-state index contributed by atoms with van der Waals surface area (Å²) in [6, 6.07) is 5.47. The van der Waals surface area contributed by atoms with Crippen LogP contribution in [-0.4, -0.2) is 15.5 Å². The minimum absolute atomic E-state index is 0.562. The summed E-state index contributed by atoms with van der Waals surface area (Å²) in [5.41, 5.74) is 1.08. The van der Waals surface area contributed by atoms with Crippen molar-refractivity contribution in [2.24, 2.45) is 0 Å². The Labute approximate surface area is 101 Å². The first-order chi connectivity index (χ1) is 6.97. The quantitative estimate of drug-likeness (QED) is 0.732. The molecule has 15 heavy (non-hydrogen) atoms. The lowest BCUT2D eigenvalue weighted by Crippen LogP contribution is -1.94. The highest BCUT2D eigenvalue weighted by molar-refractivity contribution is 8.00. The fraction of sp³-hybridized carbons (Fsp3) is 0.583. The van der Waals surface area contributed by atoms with Gasteiger partial charge in [0.15, 0.2) is 0 Å². The number of nitrogens with zero attached hydrogens (tertiary/aromatic N) is 1. The molecule has 0 N–H and O–H groups in total. The topological polar surface area (TPSA) is 12.9 Å². The molecule has 0 aliphatic heterocycles. The summed E-state index contributed by atoms with van der Waals surface area (Å²) >= 11 is 3.62. The van der Waals surface area contributed by atoms with Crippen molar-refractivity contribution < 1.29 is 0 Å². The van der Waals surface area contributed by atoms with E-state index < -0.39 is 0 Å². The van der Waals surface area contributed by atoms with E-state index >= 15 is 0 Å². The maximum absolute atomic E-state index is 4.48. The zero-order valence-corrected chi connectivity index (χ0v) is 11.6. The van der Waals surface area contributed by atoms with Gasteiger partial charge in [-0.25, -0.2) is 4.98 Å². The molecule has 0 spiro atoms. The van der Waals surface area contributed by atoms with Crippen molar-refractivity contribution in [3.05, 3.63) is 17.8 Å². The first kappa shape index (κ1) is 12.9. The van der Waals surface area contributed by atoms with Gasteiger partial charge in [0, 0.05) is 27.2 Å². The van der Waals surface area contributed by atoms with E-state index in [1.54, 1.807) is 11.8 Å². The average Bonchev–Trinajstić information content (AvgIpc) is 1.98. The first-order valence-corrected chi connectivity index (χ1v) is 6.97. The molecule has 0 atom stereocenters. The Bertz CT molecular complexity index is 293. The Kier molecular flexibility index (Phi) is 5.00. The first-order valence-electron chi connectivity index (χ1n) is 5.21. The third-order valence-corrected chi connectivity index (χ3v) is 3.39. The third kappa shape index (κ3) is 4.94. The smallest absolute Gasteiger partial charge is 0.106 e. The molecule has 0 saturated heterocycles. The Hall–Kier alpha value is -0.150. The second kappa shape index (κ2) is 5.80. The van der Waals surface area contributed by atoms with E-state index in [2.05, 4.69) is 44.8 Å². The average molecular weight is 240 g/mol. The zero-order valence-electron chi connectivity index (χ0n) is 10.00. The summed E-state index contributed by atoms with van der Waals surface area (Å²) in [6.45, 7) is 10.8. The van der Waals surface area contributed by atoms with Gasteiger partial charge in [-0.05, 0) is 13.0 Å². The summed E-state index contributed by atoms with van der Waals surface area (Å²) in [5, 5.41) is 2.18. The molecule has 0 aliphatic carbocycles. The number of thioether (sulfide) groups is 2. The summed E-state index contributed by atoms with van der Waals surface area (Å²) in [6.07, 6.45) is 0. The van der Waals surface area contributed by atoms with Crippen LogP contribution in [0.1, 0.15) is 33.4 Å². The molecule has 0 saturated carbocycles. The van der Waals surface area contributed by atoms with Crippen molar-refractivity contribution in [2.45, 2.75) is 55.0 Å². The molecule has 1 aromatic rings. The number of aryl methyl sites for hydroxylation is 1. The van der Waals surface area contributed by atoms with Crippen molar-refractivity contribution >= 4 is 23.5 Å². The van der Waals surface area contributed by atoms with Crippen molar-refractivity contribution in [3.8, 4) is 0 Å². The summed E-state index contributed by atoms with van der Waals surface area (Å²) in [4.78, 5) is 5.68. The van der Waals surface area contributed by atoms with Crippen molar-refractivity contribution in [1.82, 2.24) is 4.98 Å². The minimum atomic E-state index is 0.562. The van der Waals surface area contributed by atoms with Gasteiger partial charge in [-0.15, -0.1) is 23.5 Å². The molecule has 1 rings (SSSR count). The van der Waals surface area contributed by atoms with E-state index in [0.717, 1.165) is 10.7 Å². The lowest BCUT2D eigenvalue weighted by molar-refractivity contribution is 1.000. The molecule has 0 amide bonds. The van der Waals surface area contributed by atoms with E-state index in [-0.39, 0.29) is 0 Å². The number of pyridine rings is 1. The zero-order chi connectivity index (χ0) is 11.4. The second-order valence-corrected chi connectivity index (χ2v) is 7.21. The highest BCUT2D eigenvalue weighted by atomic mass is 32.2. The summed E-state index contributed by atoms with van der Waals surface area (Å²) in [7, 11) is 0. The van der Waals surface area contributed by atoms with Crippen LogP contribution in [0.4, 0.5) is 0 Å². The SMILES string of the molecule is Cc1cc(SC(C)C)[c]c(SC(C)C)n1. The van der Waals surface area contributed by atoms with E-state index in [0.29, 0.717) is 10.5 Å². The molecule has 1 radical (unpaired) electrons. The molecule has 0 fully saturated rings. The van der Waals surface area contributed by atoms with Gasteiger partial charge < -0.3 is 0 Å². The molecule has 83 valence electrons. The number of hydrogen-bond acceptors (Lipinski definition) is 3. The number of rotatable bonds is 4. The summed E-state index contributed by atoms with van der Waals surface area (Å²) in [5.74, 6) is 0. The second-order valence-electron chi connectivity index (χ2n) is 4.03. The number of hydrogen-bond donors (Lipinski definition) is 0. The van der Waals surface area contributed by atoms with Crippen LogP contribution >= 0.6 is 23.5 Å². The monoisotopic (exact) mass is 240 g/mol. The predicted molar refractivity (Wildman–Crippen MR) is 69.8 cm³/mol. The lowest BCUT2D eigenvalue weighted by atomic mass is 10.4. The van der Waals surface area contributed by atoms with Gasteiger partial charge >= 0.3 is 0 Å². The van der Waals surface area contributed by atoms with E-state index in [9.17, 15) is 0 Å². The predicted octanol–water partition coefficient (Wildman–Crippen LogP) is 4.19. The fourth-order valence-corrected chi connectivity index (χ4v) is 2.93. The molecule has 1 nitrogen and oxygen atoms in total. The van der Waals surface area contributed by atoms with Crippen LogP contribution in [0, 0.1) is 13.0 Å². The fourth-order valence-electron chi connectivity index (χ4n) is 1.15. The standard InChI is InChI=1S/C12H18NS2/c1-8(2)14-11-6-10(5)13-12(7-11)15-9(3)4/h6,8-9H,1-5H3. The third-order valence-electron chi connectivity index (χ3n) is 1.56. The van der Waals surface area contributed by atoms with Gasteiger partial charge in [-0.3, -0.25) is 0 Å². The maximum atomic E-state index is 4.48. The molecular weight excluding hydrogens is 222 g/mol. The Balaban J connectivity index is 2.84. The molecule has 0 aromatic carbocycles. The molecule has 3 heteroatoms. The van der Waals surface area contributed by atoms with Crippen LogP contribution in [-0.2, 0) is 0 Å². The molecule has 1 heterocycles. The van der Waals surface area contributed by atoms with Gasteiger partial charge in [0.1, 0.15) is 5.03 Å². The lowest BCUT2D eigenvalue weighted by Gasteiger charge is -2.09. The van der Waals surface area contributed by atoms with Crippen LogP contribution in [0.2, 0.25) is 0 Å². The van der Waals surface area contributed by atoms with Crippen molar-refractivity contribution in [3.63, 3.8) is 0 Å².